The van der Waals surface area contributed by atoms with Crippen molar-refractivity contribution < 1.29 is 13.2 Å². The molecule has 0 N–H and O–H groups in total. The van der Waals surface area contributed by atoms with Crippen molar-refractivity contribution in [2.45, 2.75) is 29.9 Å². The highest BCUT2D eigenvalue weighted by atomic mass is 32.2. The van der Waals surface area contributed by atoms with Gasteiger partial charge in [0.25, 0.3) is 0 Å². The van der Waals surface area contributed by atoms with E-state index in [9.17, 15) is 13.2 Å². The van der Waals surface area contributed by atoms with Gasteiger partial charge in [-0.3, -0.25) is 0 Å². The number of fused-ring (bicyclic) bond motifs is 1. The van der Waals surface area contributed by atoms with Crippen LogP contribution in [-0.4, -0.2) is 20.0 Å². The minimum absolute atomic E-state index is 0.0933. The molecule has 1 atom stereocenters. The second-order valence-corrected chi connectivity index (χ2v) is 6.08. The van der Waals surface area contributed by atoms with Crippen LogP contribution in [0.5, 0.6) is 0 Å². The predicted octanol–water partition coefficient (Wildman–Crippen LogP) is 1.28. The van der Waals surface area contributed by atoms with Gasteiger partial charge < -0.3 is 4.79 Å². The van der Waals surface area contributed by atoms with Crippen LogP contribution in [0.15, 0.2) is 23.1 Å². The molecule has 1 aliphatic heterocycles. The molecule has 15 heavy (non-hydrogen) atoms. The molecule has 4 heteroatoms. The lowest BCUT2D eigenvalue weighted by Gasteiger charge is -2.03. The Kier molecular flexibility index (Phi) is 2.38. The number of sulfone groups is 1. The van der Waals surface area contributed by atoms with Gasteiger partial charge in [-0.15, -0.1) is 0 Å². The maximum atomic E-state index is 11.9. The Morgan fingerprint density at radius 2 is 2.20 bits per heavy atom. The first-order valence-corrected chi connectivity index (χ1v) is 6.37. The fourth-order valence-electron chi connectivity index (χ4n) is 2.00. The van der Waals surface area contributed by atoms with E-state index < -0.39 is 15.1 Å². The van der Waals surface area contributed by atoms with Gasteiger partial charge in [-0.1, -0.05) is 17.7 Å². The van der Waals surface area contributed by atoms with Gasteiger partial charge in [-0.2, -0.15) is 0 Å². The first-order chi connectivity index (χ1) is 7.05. The fourth-order valence-corrected chi connectivity index (χ4v) is 3.85. The minimum atomic E-state index is -3.26. The zero-order valence-electron chi connectivity index (χ0n) is 8.43. The third-order valence-electron chi connectivity index (χ3n) is 2.77. The fraction of sp³-hybridized carbons (Fsp3) is 0.364. The second-order valence-electron chi connectivity index (χ2n) is 3.88. The third-order valence-corrected chi connectivity index (χ3v) is 5.02. The van der Waals surface area contributed by atoms with Gasteiger partial charge in [0.2, 0.25) is 0 Å². The van der Waals surface area contributed by atoms with Crippen LogP contribution >= 0.6 is 0 Å². The van der Waals surface area contributed by atoms with Crippen molar-refractivity contribution in [3.05, 3.63) is 29.3 Å². The number of hydrogen-bond donors (Lipinski definition) is 0. The van der Waals surface area contributed by atoms with Crippen LogP contribution in [0, 0.1) is 6.92 Å². The van der Waals surface area contributed by atoms with Gasteiger partial charge in [0, 0.05) is 6.42 Å². The van der Waals surface area contributed by atoms with Gasteiger partial charge in [-0.25, -0.2) is 8.42 Å². The van der Waals surface area contributed by atoms with Crippen LogP contribution in [0.2, 0.25) is 0 Å². The standard InChI is InChI=1S/C11H12O3S/c1-8-2-3-11-9(6-8)7-10(4-5-12)15(11,13)14/h2-3,5-6,10H,4,7H2,1H3. The van der Waals surface area contributed by atoms with Crippen molar-refractivity contribution >= 4 is 16.1 Å². The van der Waals surface area contributed by atoms with E-state index >= 15 is 0 Å². The molecule has 1 unspecified atom stereocenters. The lowest BCUT2D eigenvalue weighted by Crippen LogP contribution is -2.17. The Bertz CT molecular complexity index is 503. The number of aryl methyl sites for hydroxylation is 1. The zero-order chi connectivity index (χ0) is 11.1. The van der Waals surface area contributed by atoms with E-state index in [4.69, 9.17) is 0 Å². The quantitative estimate of drug-likeness (QED) is 0.711. The van der Waals surface area contributed by atoms with Crippen LogP contribution in [0.4, 0.5) is 0 Å². The molecule has 0 spiro atoms. The van der Waals surface area contributed by atoms with E-state index in [-0.39, 0.29) is 6.42 Å². The number of carbonyl (C=O) groups excluding carboxylic acids is 1. The summed E-state index contributed by atoms with van der Waals surface area (Å²) in [6.45, 7) is 1.93. The molecule has 0 saturated heterocycles. The van der Waals surface area contributed by atoms with Crippen LogP contribution in [0.3, 0.4) is 0 Å². The van der Waals surface area contributed by atoms with Crippen molar-refractivity contribution in [1.29, 1.82) is 0 Å². The molecule has 0 amide bonds. The molecular weight excluding hydrogens is 212 g/mol. The van der Waals surface area contributed by atoms with Gasteiger partial charge in [0.1, 0.15) is 6.29 Å². The normalized spacial score (nSPS) is 22.3. The third kappa shape index (κ3) is 1.59. The lowest BCUT2D eigenvalue weighted by atomic mass is 10.1. The van der Waals surface area contributed by atoms with Crippen LogP contribution in [0.1, 0.15) is 17.5 Å². The van der Waals surface area contributed by atoms with Gasteiger partial charge in [0.15, 0.2) is 9.84 Å². The molecule has 1 heterocycles. The summed E-state index contributed by atoms with van der Waals surface area (Å²) >= 11 is 0. The van der Waals surface area contributed by atoms with E-state index in [1.54, 1.807) is 12.1 Å². The number of carbonyl (C=O) groups is 1. The molecule has 0 fully saturated rings. The molecule has 3 nitrogen and oxygen atoms in total. The van der Waals surface area contributed by atoms with Crippen molar-refractivity contribution in [2.24, 2.45) is 0 Å². The maximum absolute atomic E-state index is 11.9. The smallest absolute Gasteiger partial charge is 0.182 e. The van der Waals surface area contributed by atoms with Crippen LogP contribution < -0.4 is 0 Å². The summed E-state index contributed by atoms with van der Waals surface area (Å²) in [5.74, 6) is 0. The summed E-state index contributed by atoms with van der Waals surface area (Å²) in [7, 11) is -3.26. The molecular formula is C11H12O3S. The van der Waals surface area contributed by atoms with Crippen molar-refractivity contribution in [3.8, 4) is 0 Å². The lowest BCUT2D eigenvalue weighted by molar-refractivity contribution is -0.107. The Labute approximate surface area is 89.0 Å². The first kappa shape index (κ1) is 10.4. The van der Waals surface area contributed by atoms with Crippen LogP contribution in [0.25, 0.3) is 0 Å². The van der Waals surface area contributed by atoms with Crippen LogP contribution in [-0.2, 0) is 21.1 Å². The number of benzene rings is 1. The summed E-state index contributed by atoms with van der Waals surface area (Å²) in [6.07, 6.45) is 1.25. The SMILES string of the molecule is Cc1ccc2c(c1)CC(CC=O)S2(=O)=O. The molecule has 1 aromatic carbocycles. The van der Waals surface area contributed by atoms with E-state index in [2.05, 4.69) is 0 Å². The van der Waals surface area contributed by atoms with Gasteiger partial charge in [-0.05, 0) is 25.0 Å². The predicted molar refractivity (Wildman–Crippen MR) is 56.5 cm³/mol. The molecule has 0 aromatic heterocycles. The maximum Gasteiger partial charge on any atom is 0.182 e. The number of aldehydes is 1. The monoisotopic (exact) mass is 224 g/mol. The number of hydrogen-bond acceptors (Lipinski definition) is 3. The van der Waals surface area contributed by atoms with Gasteiger partial charge in [0.05, 0.1) is 10.1 Å². The summed E-state index contributed by atoms with van der Waals surface area (Å²) < 4.78 is 23.9. The topological polar surface area (TPSA) is 51.2 Å². The van der Waals surface area contributed by atoms with Crippen molar-refractivity contribution in [1.82, 2.24) is 0 Å². The zero-order valence-corrected chi connectivity index (χ0v) is 9.25. The summed E-state index contributed by atoms with van der Waals surface area (Å²) in [5.41, 5.74) is 1.90. The Morgan fingerprint density at radius 3 is 2.87 bits per heavy atom. The largest absolute Gasteiger partial charge is 0.303 e. The highest BCUT2D eigenvalue weighted by Crippen LogP contribution is 2.32. The average molecular weight is 224 g/mol. The Balaban J connectivity index is 2.52. The molecule has 80 valence electrons. The highest BCUT2D eigenvalue weighted by molar-refractivity contribution is 7.92. The molecule has 1 aromatic rings. The van der Waals surface area contributed by atoms with Crippen molar-refractivity contribution in [3.63, 3.8) is 0 Å². The van der Waals surface area contributed by atoms with E-state index in [1.807, 2.05) is 13.0 Å². The molecule has 0 bridgehead atoms. The minimum Gasteiger partial charge on any atom is -0.303 e. The summed E-state index contributed by atoms with van der Waals surface area (Å²) in [4.78, 5) is 10.8. The Hall–Kier alpha value is -1.16. The van der Waals surface area contributed by atoms with E-state index in [0.717, 1.165) is 11.1 Å². The molecule has 0 aliphatic carbocycles. The van der Waals surface area contributed by atoms with E-state index in [0.29, 0.717) is 17.6 Å². The summed E-state index contributed by atoms with van der Waals surface area (Å²) in [6, 6.07) is 5.32. The van der Waals surface area contributed by atoms with E-state index in [1.165, 1.54) is 0 Å². The highest BCUT2D eigenvalue weighted by Gasteiger charge is 2.36. The second kappa shape index (κ2) is 3.45. The number of rotatable bonds is 2. The summed E-state index contributed by atoms with van der Waals surface area (Å²) in [5, 5.41) is -0.549. The molecule has 0 saturated carbocycles. The molecule has 0 radical (unpaired) electrons. The molecule has 1 aliphatic rings. The molecule has 2 rings (SSSR count). The van der Waals surface area contributed by atoms with Gasteiger partial charge >= 0.3 is 0 Å². The first-order valence-electron chi connectivity index (χ1n) is 4.83. The van der Waals surface area contributed by atoms with Crippen molar-refractivity contribution in [2.75, 3.05) is 0 Å². The Morgan fingerprint density at radius 1 is 1.47 bits per heavy atom. The average Bonchev–Trinajstić information content (AvgIpc) is 2.39.